The molecule has 0 aromatic rings. The van der Waals surface area contributed by atoms with Crippen LogP contribution >= 0.6 is 0 Å². The van der Waals surface area contributed by atoms with Crippen LogP contribution in [0.2, 0.25) is 0 Å². The average molecular weight is 140 g/mol. The summed E-state index contributed by atoms with van der Waals surface area (Å²) in [5.74, 6) is -0.245. The van der Waals surface area contributed by atoms with Crippen LogP contribution in [0.4, 0.5) is 0 Å². The van der Waals surface area contributed by atoms with E-state index in [-0.39, 0.29) is 5.97 Å². The van der Waals surface area contributed by atoms with Crippen molar-refractivity contribution in [2.75, 3.05) is 6.61 Å². The number of carbonyl (C=O) groups is 1. The standard InChI is InChI=1S/C8H12O2/c1-3-4-5-6-7-10-8(2)9/h3-6H,7H2,1-2H3. The molecule has 0 aliphatic heterocycles. The van der Waals surface area contributed by atoms with Crippen LogP contribution in [0.5, 0.6) is 0 Å². The number of ether oxygens (including phenoxy) is 1. The lowest BCUT2D eigenvalue weighted by atomic mass is 10.4. The number of hydrogen-bond donors (Lipinski definition) is 0. The third kappa shape index (κ3) is 6.95. The van der Waals surface area contributed by atoms with Crippen LogP contribution in [0, 0.1) is 0 Å². The van der Waals surface area contributed by atoms with Crippen molar-refractivity contribution in [1.29, 1.82) is 0 Å². The number of rotatable bonds is 3. The number of allylic oxidation sites excluding steroid dienone is 3. The molecular weight excluding hydrogens is 128 g/mol. The van der Waals surface area contributed by atoms with Gasteiger partial charge >= 0.3 is 5.97 Å². The highest BCUT2D eigenvalue weighted by Crippen LogP contribution is 1.80. The fraction of sp³-hybridized carbons (Fsp3) is 0.375. The van der Waals surface area contributed by atoms with Crippen LogP contribution in [0.15, 0.2) is 24.3 Å². The maximum Gasteiger partial charge on any atom is 0.302 e. The zero-order valence-electron chi connectivity index (χ0n) is 6.33. The van der Waals surface area contributed by atoms with Gasteiger partial charge in [-0.3, -0.25) is 4.79 Å². The Morgan fingerprint density at radius 1 is 1.50 bits per heavy atom. The van der Waals surface area contributed by atoms with Crippen molar-refractivity contribution in [1.82, 2.24) is 0 Å². The van der Waals surface area contributed by atoms with Gasteiger partial charge in [0.25, 0.3) is 0 Å². The average Bonchev–Trinajstić information content (AvgIpc) is 1.87. The van der Waals surface area contributed by atoms with Gasteiger partial charge in [-0.2, -0.15) is 0 Å². The minimum atomic E-state index is -0.245. The number of hydrogen-bond acceptors (Lipinski definition) is 2. The van der Waals surface area contributed by atoms with Crippen molar-refractivity contribution in [3.05, 3.63) is 24.3 Å². The lowest BCUT2D eigenvalue weighted by Gasteiger charge is -1.92. The van der Waals surface area contributed by atoms with E-state index in [0.717, 1.165) is 0 Å². The summed E-state index contributed by atoms with van der Waals surface area (Å²) in [6.45, 7) is 3.68. The molecule has 56 valence electrons. The highest BCUT2D eigenvalue weighted by atomic mass is 16.5. The fourth-order valence-electron chi connectivity index (χ4n) is 0.411. The van der Waals surface area contributed by atoms with Crippen molar-refractivity contribution in [3.8, 4) is 0 Å². The molecule has 0 amide bonds. The molecule has 0 heterocycles. The van der Waals surface area contributed by atoms with E-state index >= 15 is 0 Å². The first-order valence-corrected chi connectivity index (χ1v) is 3.18. The molecule has 0 saturated carbocycles. The van der Waals surface area contributed by atoms with Gasteiger partial charge in [0.2, 0.25) is 0 Å². The summed E-state index contributed by atoms with van der Waals surface area (Å²) in [6.07, 6.45) is 7.40. The first-order valence-electron chi connectivity index (χ1n) is 3.18. The van der Waals surface area contributed by atoms with E-state index in [1.807, 2.05) is 25.2 Å². The van der Waals surface area contributed by atoms with Crippen LogP contribution in [0.1, 0.15) is 13.8 Å². The Morgan fingerprint density at radius 2 is 2.20 bits per heavy atom. The van der Waals surface area contributed by atoms with E-state index in [1.54, 1.807) is 6.08 Å². The first-order chi connectivity index (χ1) is 4.77. The molecule has 0 aromatic heterocycles. The summed E-state index contributed by atoms with van der Waals surface area (Å²) in [7, 11) is 0. The summed E-state index contributed by atoms with van der Waals surface area (Å²) < 4.78 is 4.63. The quantitative estimate of drug-likeness (QED) is 0.440. The Kier molecular flexibility index (Phi) is 5.44. The van der Waals surface area contributed by atoms with Gasteiger partial charge in [0.05, 0.1) is 0 Å². The third-order valence-electron chi connectivity index (χ3n) is 0.822. The maximum absolute atomic E-state index is 10.2. The molecule has 0 bridgehead atoms. The number of carbonyl (C=O) groups excluding carboxylic acids is 1. The van der Waals surface area contributed by atoms with Crippen molar-refractivity contribution in [2.24, 2.45) is 0 Å². The molecule has 0 radical (unpaired) electrons. The van der Waals surface area contributed by atoms with Gasteiger partial charge in [-0.15, -0.1) is 0 Å². The van der Waals surface area contributed by atoms with Crippen molar-refractivity contribution in [2.45, 2.75) is 13.8 Å². The summed E-state index contributed by atoms with van der Waals surface area (Å²) in [4.78, 5) is 10.2. The van der Waals surface area contributed by atoms with Gasteiger partial charge in [0.15, 0.2) is 0 Å². The predicted octanol–water partition coefficient (Wildman–Crippen LogP) is 1.68. The zero-order chi connectivity index (χ0) is 7.82. The molecule has 2 nitrogen and oxygen atoms in total. The summed E-state index contributed by atoms with van der Waals surface area (Å²) >= 11 is 0. The second kappa shape index (κ2) is 6.08. The first kappa shape index (κ1) is 8.95. The van der Waals surface area contributed by atoms with Gasteiger partial charge < -0.3 is 4.74 Å². The second-order valence-electron chi connectivity index (χ2n) is 1.76. The minimum absolute atomic E-state index is 0.245. The van der Waals surface area contributed by atoms with Crippen LogP contribution in [0.3, 0.4) is 0 Å². The van der Waals surface area contributed by atoms with E-state index in [0.29, 0.717) is 6.61 Å². The summed E-state index contributed by atoms with van der Waals surface area (Å²) in [5.41, 5.74) is 0. The highest BCUT2D eigenvalue weighted by Gasteiger charge is 1.84. The Labute approximate surface area is 61.2 Å². The zero-order valence-corrected chi connectivity index (χ0v) is 6.33. The van der Waals surface area contributed by atoms with E-state index in [2.05, 4.69) is 4.74 Å². The molecule has 0 rings (SSSR count). The topological polar surface area (TPSA) is 26.3 Å². The van der Waals surface area contributed by atoms with E-state index in [9.17, 15) is 4.79 Å². The van der Waals surface area contributed by atoms with Gasteiger partial charge in [0.1, 0.15) is 6.61 Å². The molecule has 0 aliphatic carbocycles. The van der Waals surface area contributed by atoms with Crippen LogP contribution in [0.25, 0.3) is 0 Å². The smallest absolute Gasteiger partial charge is 0.302 e. The van der Waals surface area contributed by atoms with Gasteiger partial charge in [0, 0.05) is 6.92 Å². The van der Waals surface area contributed by atoms with E-state index < -0.39 is 0 Å². The summed E-state index contributed by atoms with van der Waals surface area (Å²) in [6, 6.07) is 0. The van der Waals surface area contributed by atoms with Gasteiger partial charge in [-0.25, -0.2) is 0 Å². The Hall–Kier alpha value is -1.05. The third-order valence-corrected chi connectivity index (χ3v) is 0.822. The van der Waals surface area contributed by atoms with Crippen molar-refractivity contribution in [3.63, 3.8) is 0 Å². The number of esters is 1. The molecule has 10 heavy (non-hydrogen) atoms. The fourth-order valence-corrected chi connectivity index (χ4v) is 0.411. The van der Waals surface area contributed by atoms with E-state index in [1.165, 1.54) is 6.92 Å². The molecule has 0 unspecified atom stereocenters. The Bertz CT molecular complexity index is 145. The SMILES string of the molecule is CC=CC=CCOC(C)=O. The lowest BCUT2D eigenvalue weighted by molar-refractivity contribution is -0.139. The molecule has 2 heteroatoms. The summed E-state index contributed by atoms with van der Waals surface area (Å²) in [5, 5.41) is 0. The molecule has 0 aromatic carbocycles. The van der Waals surface area contributed by atoms with E-state index in [4.69, 9.17) is 0 Å². The normalized spacial score (nSPS) is 11.0. The molecule has 0 N–H and O–H groups in total. The van der Waals surface area contributed by atoms with Crippen LogP contribution in [-0.4, -0.2) is 12.6 Å². The van der Waals surface area contributed by atoms with Gasteiger partial charge in [-0.1, -0.05) is 18.2 Å². The Balaban J connectivity index is 3.27. The molecule has 0 fully saturated rings. The van der Waals surface area contributed by atoms with Crippen molar-refractivity contribution < 1.29 is 9.53 Å². The molecule has 0 aliphatic rings. The van der Waals surface area contributed by atoms with Crippen LogP contribution in [-0.2, 0) is 9.53 Å². The van der Waals surface area contributed by atoms with Gasteiger partial charge in [-0.05, 0) is 13.0 Å². The minimum Gasteiger partial charge on any atom is -0.462 e. The Morgan fingerprint density at radius 3 is 2.70 bits per heavy atom. The molecule has 0 atom stereocenters. The second-order valence-corrected chi connectivity index (χ2v) is 1.76. The molecular formula is C8H12O2. The van der Waals surface area contributed by atoms with Crippen molar-refractivity contribution >= 4 is 5.97 Å². The monoisotopic (exact) mass is 140 g/mol. The largest absolute Gasteiger partial charge is 0.462 e. The maximum atomic E-state index is 10.2. The highest BCUT2D eigenvalue weighted by molar-refractivity contribution is 5.65. The van der Waals surface area contributed by atoms with Crippen LogP contribution < -0.4 is 0 Å². The molecule has 0 saturated heterocycles. The molecule has 0 spiro atoms. The predicted molar refractivity (Wildman–Crippen MR) is 40.6 cm³/mol. The lowest BCUT2D eigenvalue weighted by Crippen LogP contribution is -1.96.